The number of hydrogen-bond donors (Lipinski definition) is 0. The molecular weight excluding hydrogens is 168 g/mol. The van der Waals surface area contributed by atoms with Gasteiger partial charge in [0.15, 0.2) is 0 Å². The predicted molar refractivity (Wildman–Crippen MR) is 53.4 cm³/mol. The molecular formula is C9H19O2Si. The molecule has 0 amide bonds. The molecule has 71 valence electrons. The van der Waals surface area contributed by atoms with Crippen LogP contribution in [0.4, 0.5) is 0 Å². The smallest absolute Gasteiger partial charge is 0.211 e. The van der Waals surface area contributed by atoms with E-state index in [1.165, 1.54) is 0 Å². The van der Waals surface area contributed by atoms with Gasteiger partial charge in [-0.1, -0.05) is 20.4 Å². The zero-order valence-corrected chi connectivity index (χ0v) is 9.35. The molecule has 0 aromatic rings. The molecule has 0 rings (SSSR count). The second-order valence-electron chi connectivity index (χ2n) is 2.51. The number of rotatable bonds is 7. The van der Waals surface area contributed by atoms with Crippen molar-refractivity contribution >= 4 is 9.04 Å². The Hall–Kier alpha value is -0.283. The highest BCUT2D eigenvalue weighted by Gasteiger charge is 2.07. The van der Waals surface area contributed by atoms with E-state index in [0.29, 0.717) is 13.2 Å². The van der Waals surface area contributed by atoms with Gasteiger partial charge in [-0.3, -0.25) is 0 Å². The van der Waals surface area contributed by atoms with Crippen molar-refractivity contribution in [2.75, 3.05) is 13.2 Å². The minimum absolute atomic E-state index is 0.573. The zero-order valence-electron chi connectivity index (χ0n) is 8.35. The van der Waals surface area contributed by atoms with Crippen LogP contribution < -0.4 is 0 Å². The summed E-state index contributed by atoms with van der Waals surface area (Å²) in [5.41, 5.74) is 0. The summed E-state index contributed by atoms with van der Waals surface area (Å²) in [5, 5.41) is 0. The van der Waals surface area contributed by atoms with Crippen LogP contribution in [0.2, 0.25) is 12.1 Å². The van der Waals surface area contributed by atoms with Gasteiger partial charge in [0.1, 0.15) is 5.76 Å². The molecule has 0 unspecified atom stereocenters. The maximum Gasteiger partial charge on any atom is 0.211 e. The molecule has 0 N–H and O–H groups in total. The summed E-state index contributed by atoms with van der Waals surface area (Å²) in [6.07, 6.45) is 0. The Balaban J connectivity index is 3.44. The third kappa shape index (κ3) is 5.38. The molecule has 1 radical (unpaired) electrons. The predicted octanol–water partition coefficient (Wildman–Crippen LogP) is 2.58. The Morgan fingerprint density at radius 2 is 1.83 bits per heavy atom. The van der Waals surface area contributed by atoms with Crippen LogP contribution in [0.25, 0.3) is 0 Å². The lowest BCUT2D eigenvalue weighted by atomic mass is 10.6. The molecule has 12 heavy (non-hydrogen) atoms. The largest absolute Gasteiger partial charge is 0.496 e. The van der Waals surface area contributed by atoms with Gasteiger partial charge in [-0.15, -0.1) is 0 Å². The highest BCUT2D eigenvalue weighted by atomic mass is 28.3. The van der Waals surface area contributed by atoms with Crippen molar-refractivity contribution in [2.24, 2.45) is 0 Å². The van der Waals surface area contributed by atoms with Crippen LogP contribution in [0.3, 0.4) is 0 Å². The molecule has 0 aromatic heterocycles. The molecule has 0 aliphatic rings. The van der Waals surface area contributed by atoms with E-state index in [0.717, 1.165) is 17.8 Å². The summed E-state index contributed by atoms with van der Waals surface area (Å²) in [4.78, 5) is 0. The maximum absolute atomic E-state index is 5.63. The van der Waals surface area contributed by atoms with Crippen LogP contribution in [0.5, 0.6) is 0 Å². The molecule has 0 saturated heterocycles. The monoisotopic (exact) mass is 187 g/mol. The molecule has 0 aromatic carbocycles. The summed E-state index contributed by atoms with van der Waals surface area (Å²) in [7, 11) is -0.577. The highest BCUT2D eigenvalue weighted by molar-refractivity contribution is 6.51. The van der Waals surface area contributed by atoms with Crippen molar-refractivity contribution in [3.63, 3.8) is 0 Å². The van der Waals surface area contributed by atoms with Crippen LogP contribution >= 0.6 is 0 Å². The molecule has 0 atom stereocenters. The van der Waals surface area contributed by atoms with Gasteiger partial charge in [0.05, 0.1) is 13.2 Å². The number of ether oxygens (including phenoxy) is 1. The Bertz CT molecular complexity index is 122. The van der Waals surface area contributed by atoms with Gasteiger partial charge in [-0.25, -0.2) is 0 Å². The average Bonchev–Trinajstić information content (AvgIpc) is 2.07. The first-order valence-electron chi connectivity index (χ1n) is 4.52. The standard InChI is InChI=1S/C9H19O2Si/c1-5-10-9(4)8-11-12(6-2)7-3/h4-8H2,1-3H3. The lowest BCUT2D eigenvalue weighted by Crippen LogP contribution is -2.17. The molecule has 0 saturated carbocycles. The van der Waals surface area contributed by atoms with Crippen molar-refractivity contribution in [1.29, 1.82) is 0 Å². The van der Waals surface area contributed by atoms with Gasteiger partial charge >= 0.3 is 0 Å². The molecule has 2 nitrogen and oxygen atoms in total. The zero-order chi connectivity index (χ0) is 9.40. The summed E-state index contributed by atoms with van der Waals surface area (Å²) < 4.78 is 10.8. The van der Waals surface area contributed by atoms with E-state index in [4.69, 9.17) is 9.16 Å². The summed E-state index contributed by atoms with van der Waals surface area (Å²) >= 11 is 0. The third-order valence-corrected chi connectivity index (χ3v) is 3.70. The molecule has 3 heteroatoms. The fourth-order valence-electron chi connectivity index (χ4n) is 0.882. The molecule has 0 heterocycles. The van der Waals surface area contributed by atoms with E-state index in [2.05, 4.69) is 20.4 Å². The van der Waals surface area contributed by atoms with Gasteiger partial charge in [0.25, 0.3) is 0 Å². The van der Waals surface area contributed by atoms with Crippen molar-refractivity contribution < 1.29 is 9.16 Å². The lowest BCUT2D eigenvalue weighted by molar-refractivity contribution is 0.181. The van der Waals surface area contributed by atoms with E-state index < -0.39 is 9.04 Å². The van der Waals surface area contributed by atoms with Gasteiger partial charge in [0, 0.05) is 0 Å². The van der Waals surface area contributed by atoms with E-state index in [-0.39, 0.29) is 0 Å². The second kappa shape index (κ2) is 7.37. The van der Waals surface area contributed by atoms with Crippen molar-refractivity contribution in [3.8, 4) is 0 Å². The SMILES string of the molecule is C=C(CO[Si](CC)CC)OCC. The fourth-order valence-corrected chi connectivity index (χ4v) is 2.16. The van der Waals surface area contributed by atoms with Gasteiger partial charge in [-0.05, 0) is 19.0 Å². The second-order valence-corrected chi connectivity index (χ2v) is 5.29. The normalized spacial score (nSPS) is 10.3. The highest BCUT2D eigenvalue weighted by Crippen LogP contribution is 2.03. The van der Waals surface area contributed by atoms with Crippen molar-refractivity contribution in [2.45, 2.75) is 32.9 Å². The third-order valence-electron chi connectivity index (χ3n) is 1.57. The molecule has 0 fully saturated rings. The first-order chi connectivity index (χ1) is 5.74. The first-order valence-corrected chi connectivity index (χ1v) is 6.34. The minimum Gasteiger partial charge on any atom is -0.496 e. The van der Waals surface area contributed by atoms with Crippen LogP contribution in [-0.4, -0.2) is 22.3 Å². The molecule has 0 aliphatic heterocycles. The fraction of sp³-hybridized carbons (Fsp3) is 0.778. The van der Waals surface area contributed by atoms with E-state index >= 15 is 0 Å². The van der Waals surface area contributed by atoms with Crippen molar-refractivity contribution in [1.82, 2.24) is 0 Å². The summed E-state index contributed by atoms with van der Waals surface area (Å²) in [6.45, 7) is 11.3. The average molecular weight is 187 g/mol. The quantitative estimate of drug-likeness (QED) is 0.450. The van der Waals surface area contributed by atoms with Gasteiger partial charge in [0.2, 0.25) is 9.04 Å². The van der Waals surface area contributed by atoms with Crippen LogP contribution in [0.1, 0.15) is 20.8 Å². The van der Waals surface area contributed by atoms with Crippen LogP contribution in [0.15, 0.2) is 12.3 Å². The summed E-state index contributed by atoms with van der Waals surface area (Å²) in [6, 6.07) is 2.31. The lowest BCUT2D eigenvalue weighted by Gasteiger charge is -2.12. The molecule has 0 aliphatic carbocycles. The van der Waals surface area contributed by atoms with E-state index in [9.17, 15) is 0 Å². The minimum atomic E-state index is -0.577. The van der Waals surface area contributed by atoms with Crippen LogP contribution in [0, 0.1) is 0 Å². The van der Waals surface area contributed by atoms with Crippen LogP contribution in [-0.2, 0) is 9.16 Å². The van der Waals surface area contributed by atoms with Crippen molar-refractivity contribution in [3.05, 3.63) is 12.3 Å². The van der Waals surface area contributed by atoms with Gasteiger partial charge in [-0.2, -0.15) is 0 Å². The topological polar surface area (TPSA) is 18.5 Å². The summed E-state index contributed by atoms with van der Waals surface area (Å²) in [5.74, 6) is 0.752. The Morgan fingerprint density at radius 3 is 2.25 bits per heavy atom. The maximum atomic E-state index is 5.63. The number of hydrogen-bond acceptors (Lipinski definition) is 2. The van der Waals surface area contributed by atoms with E-state index in [1.54, 1.807) is 0 Å². The molecule has 0 spiro atoms. The Morgan fingerprint density at radius 1 is 1.25 bits per heavy atom. The Labute approximate surface area is 77.3 Å². The van der Waals surface area contributed by atoms with E-state index in [1.807, 2.05) is 6.92 Å². The van der Waals surface area contributed by atoms with Gasteiger partial charge < -0.3 is 9.16 Å². The first kappa shape index (κ1) is 11.7. The molecule has 0 bridgehead atoms. The Kier molecular flexibility index (Phi) is 7.20.